The minimum atomic E-state index is -0.295. The van der Waals surface area contributed by atoms with Gasteiger partial charge in [-0.2, -0.15) is 0 Å². The maximum atomic E-state index is 13.5. The highest BCUT2D eigenvalue weighted by atomic mass is 16.5. The van der Waals surface area contributed by atoms with Crippen molar-refractivity contribution in [2.75, 3.05) is 103 Å². The van der Waals surface area contributed by atoms with Crippen molar-refractivity contribution in [3.05, 3.63) is 113 Å². The maximum Gasteiger partial charge on any atom is 0.255 e. The molecule has 0 atom stereocenters. The van der Waals surface area contributed by atoms with Gasteiger partial charge in [-0.25, -0.2) is 0 Å². The van der Waals surface area contributed by atoms with E-state index >= 15 is 0 Å². The van der Waals surface area contributed by atoms with E-state index in [9.17, 15) is 9.59 Å². The van der Waals surface area contributed by atoms with Crippen molar-refractivity contribution in [3.63, 3.8) is 0 Å². The lowest BCUT2D eigenvalue weighted by atomic mass is 9.92. The number of nitrogens with two attached hydrogens (primary N) is 2. The minimum absolute atomic E-state index is 0.148. The Balaban J connectivity index is 0.000000624. The second-order valence-electron chi connectivity index (χ2n) is 14.4. The van der Waals surface area contributed by atoms with Crippen LogP contribution in [0.1, 0.15) is 64.1 Å². The molecule has 1 aromatic heterocycles. The Labute approximate surface area is 357 Å². The molecule has 326 valence electrons. The van der Waals surface area contributed by atoms with Gasteiger partial charge in [0.25, 0.3) is 11.8 Å². The number of benzene rings is 3. The van der Waals surface area contributed by atoms with E-state index in [2.05, 4.69) is 70.0 Å². The molecule has 5 rings (SSSR count). The molecule has 1 aliphatic carbocycles. The first kappa shape index (κ1) is 49.2. The van der Waals surface area contributed by atoms with Gasteiger partial charge in [0.05, 0.1) is 51.0 Å². The number of nitrogens with one attached hydrogen (secondary N) is 1. The number of hydrogen-bond acceptors (Lipinski definition) is 10. The lowest BCUT2D eigenvalue weighted by molar-refractivity contribution is -0.106. The van der Waals surface area contributed by atoms with E-state index in [0.717, 1.165) is 42.1 Å². The largest absolute Gasteiger partial charge is 0.378 e. The lowest BCUT2D eigenvalue weighted by Crippen LogP contribution is -2.36. The molecule has 5 N–H and O–H groups in total. The molecule has 0 radical (unpaired) electrons. The van der Waals surface area contributed by atoms with Gasteiger partial charge in [-0.3, -0.25) is 19.4 Å². The van der Waals surface area contributed by atoms with Crippen LogP contribution in [0.4, 0.5) is 11.4 Å². The summed E-state index contributed by atoms with van der Waals surface area (Å²) in [5.74, 6) is -0.443. The van der Waals surface area contributed by atoms with Crippen LogP contribution in [-0.4, -0.2) is 126 Å². The third-order valence-electron chi connectivity index (χ3n) is 9.99. The quantitative estimate of drug-likeness (QED) is 0.0688. The number of aryl methyl sites for hydroxylation is 3. The number of hydrogen-bond donors (Lipinski definition) is 3. The monoisotopic (exact) mass is 826 g/mol. The van der Waals surface area contributed by atoms with E-state index in [1.165, 1.54) is 25.7 Å². The third kappa shape index (κ3) is 17.2. The minimum Gasteiger partial charge on any atom is -0.378 e. The van der Waals surface area contributed by atoms with Gasteiger partial charge in [-0.1, -0.05) is 30.3 Å². The molecule has 0 spiro atoms. The van der Waals surface area contributed by atoms with Crippen molar-refractivity contribution >= 4 is 29.6 Å². The summed E-state index contributed by atoms with van der Waals surface area (Å²) in [4.78, 5) is 46.0. The Bertz CT molecular complexity index is 1850. The van der Waals surface area contributed by atoms with Crippen LogP contribution in [0.25, 0.3) is 11.3 Å². The van der Waals surface area contributed by atoms with Gasteiger partial charge in [0.2, 0.25) is 6.41 Å². The van der Waals surface area contributed by atoms with Crippen LogP contribution in [0, 0.1) is 6.92 Å². The molecular formula is C47H67N7O6. The normalized spacial score (nSPS) is 11.7. The average molecular weight is 826 g/mol. The lowest BCUT2D eigenvalue weighted by Gasteiger charge is -2.23. The summed E-state index contributed by atoms with van der Waals surface area (Å²) in [6, 6.07) is 25.6. The summed E-state index contributed by atoms with van der Waals surface area (Å²) in [6.07, 6.45) is 7.40. The molecule has 0 saturated carbocycles. The number of anilines is 2. The number of primary amides is 1. The van der Waals surface area contributed by atoms with Gasteiger partial charge in [-0.05, 0) is 119 Å². The van der Waals surface area contributed by atoms with E-state index in [4.69, 9.17) is 24.7 Å². The average Bonchev–Trinajstić information content (AvgIpc) is 3.27. The smallest absolute Gasteiger partial charge is 0.255 e. The predicted molar refractivity (Wildman–Crippen MR) is 242 cm³/mol. The van der Waals surface area contributed by atoms with Crippen LogP contribution >= 0.6 is 0 Å². The Kier molecular flexibility index (Phi) is 23.2. The molecule has 1 aliphatic rings. The molecule has 3 amide bonds. The molecule has 3 aromatic carbocycles. The Morgan fingerprint density at radius 1 is 0.767 bits per heavy atom. The first-order valence-electron chi connectivity index (χ1n) is 21.0. The molecule has 0 saturated heterocycles. The molecule has 13 nitrogen and oxygen atoms in total. The highest BCUT2D eigenvalue weighted by Gasteiger charge is 2.18. The van der Waals surface area contributed by atoms with E-state index in [0.29, 0.717) is 76.1 Å². The highest BCUT2D eigenvalue weighted by molar-refractivity contribution is 6.08. The molecule has 1 heterocycles. The number of nitrogens with zero attached hydrogens (tertiary/aromatic N) is 4. The zero-order chi connectivity index (χ0) is 43.5. The van der Waals surface area contributed by atoms with Gasteiger partial charge in [0, 0.05) is 74.9 Å². The summed E-state index contributed by atoms with van der Waals surface area (Å²) in [6.45, 7) is 13.6. The van der Waals surface area contributed by atoms with E-state index in [-0.39, 0.29) is 18.2 Å². The highest BCUT2D eigenvalue weighted by Crippen LogP contribution is 2.32. The SMILES string of the molecule is CCN(CC)c1ccc(NC(=O)c2cccc(C(=O)N(C)CCN(C)CCOCCOCCOCCN)c2)c(-c2cc(C)ccn2)c1.NC=O.c1ccc2c(c1)CCCC2. The topological polar surface area (TPSA) is 166 Å². The number of likely N-dealkylation sites (N-methyl/N-ethyl adjacent to an activating group) is 2. The van der Waals surface area contributed by atoms with Crippen molar-refractivity contribution in [2.24, 2.45) is 11.5 Å². The number of rotatable bonds is 21. The van der Waals surface area contributed by atoms with Crippen molar-refractivity contribution in [3.8, 4) is 11.3 Å². The first-order chi connectivity index (χ1) is 29.1. The van der Waals surface area contributed by atoms with Gasteiger partial charge in [-0.15, -0.1) is 0 Å². The maximum absolute atomic E-state index is 13.5. The fraction of sp³-hybridized carbons (Fsp3) is 0.447. The Morgan fingerprint density at radius 3 is 2.00 bits per heavy atom. The number of carbonyl (C=O) groups is 3. The van der Waals surface area contributed by atoms with Crippen molar-refractivity contribution in [2.45, 2.75) is 46.5 Å². The standard InChI is InChI=1S/C36H52N6O5.C10H12.CH3NO/c1-6-42(7-2)31-11-12-33(32(27-31)34-25-28(3)13-15-38-34)39-35(43)29-9-8-10-30(26-29)36(44)41(5)17-16-40(4)18-20-46-22-24-47-23-21-45-19-14-37;1-2-6-10-8-4-3-7-9(10)5-1;2-1-3/h8-13,15,25-27H,6-7,14,16-24,37H2,1-5H3,(H,39,43);1-2,5-6H,3-4,7-8H2;1H,(H2,2,3). The number of fused-ring (bicyclic) bond motifs is 1. The van der Waals surface area contributed by atoms with Crippen molar-refractivity contribution < 1.29 is 28.6 Å². The zero-order valence-electron chi connectivity index (χ0n) is 36.4. The molecule has 0 aliphatic heterocycles. The van der Waals surface area contributed by atoms with Crippen LogP contribution < -0.4 is 21.7 Å². The van der Waals surface area contributed by atoms with Crippen LogP contribution in [-0.2, 0) is 31.8 Å². The van der Waals surface area contributed by atoms with Crippen molar-refractivity contribution in [1.29, 1.82) is 0 Å². The van der Waals surface area contributed by atoms with Gasteiger partial charge >= 0.3 is 0 Å². The summed E-state index contributed by atoms with van der Waals surface area (Å²) in [5.41, 5.74) is 18.0. The third-order valence-corrected chi connectivity index (χ3v) is 9.99. The molecular weight excluding hydrogens is 759 g/mol. The second-order valence-corrected chi connectivity index (χ2v) is 14.4. The number of ether oxygens (including phenoxy) is 3. The number of carbonyl (C=O) groups excluding carboxylic acids is 3. The number of amides is 3. The van der Waals surface area contributed by atoms with Gasteiger partial charge in [0.15, 0.2) is 0 Å². The number of aromatic nitrogens is 1. The summed E-state index contributed by atoms with van der Waals surface area (Å²) in [7, 11) is 3.76. The van der Waals surface area contributed by atoms with Gasteiger partial charge < -0.3 is 45.7 Å². The Hall–Kier alpha value is -5.18. The number of pyridine rings is 1. The molecule has 4 aromatic rings. The first-order valence-corrected chi connectivity index (χ1v) is 21.0. The van der Waals surface area contributed by atoms with E-state index in [1.54, 1.807) is 53.5 Å². The second kappa shape index (κ2) is 28.3. The van der Waals surface area contributed by atoms with Crippen molar-refractivity contribution in [1.82, 2.24) is 14.8 Å². The molecule has 13 heteroatoms. The predicted octanol–water partition coefficient (Wildman–Crippen LogP) is 5.83. The fourth-order valence-corrected chi connectivity index (χ4v) is 6.59. The Morgan fingerprint density at radius 2 is 1.38 bits per heavy atom. The zero-order valence-corrected chi connectivity index (χ0v) is 36.4. The van der Waals surface area contributed by atoms with Crippen LogP contribution in [0.15, 0.2) is 85.1 Å². The summed E-state index contributed by atoms with van der Waals surface area (Å²) in [5, 5.41) is 3.07. The molecule has 60 heavy (non-hydrogen) atoms. The van der Waals surface area contributed by atoms with Crippen LogP contribution in [0.5, 0.6) is 0 Å². The summed E-state index contributed by atoms with van der Waals surface area (Å²) >= 11 is 0. The molecule has 0 fully saturated rings. The van der Waals surface area contributed by atoms with E-state index in [1.807, 2.05) is 38.2 Å². The van der Waals surface area contributed by atoms with Gasteiger partial charge in [0.1, 0.15) is 0 Å². The molecule has 0 bridgehead atoms. The fourth-order valence-electron chi connectivity index (χ4n) is 6.59. The summed E-state index contributed by atoms with van der Waals surface area (Å²) < 4.78 is 16.4. The van der Waals surface area contributed by atoms with Crippen LogP contribution in [0.3, 0.4) is 0 Å². The molecule has 0 unspecified atom stereocenters. The van der Waals surface area contributed by atoms with E-state index < -0.39 is 0 Å². The van der Waals surface area contributed by atoms with Crippen LogP contribution in [0.2, 0.25) is 0 Å².